The van der Waals surface area contributed by atoms with E-state index in [1.54, 1.807) is 16.1 Å². The molecule has 2 heterocycles. The molecule has 0 unspecified atom stereocenters. The van der Waals surface area contributed by atoms with Gasteiger partial charge in [-0.1, -0.05) is 11.6 Å². The number of benzene rings is 1. The molecule has 0 saturated carbocycles. The van der Waals surface area contributed by atoms with Gasteiger partial charge in [0.15, 0.2) is 0 Å². The molecule has 0 radical (unpaired) electrons. The van der Waals surface area contributed by atoms with E-state index in [9.17, 15) is 0 Å². The largest absolute Gasteiger partial charge is 0.162 e. The maximum atomic E-state index is 5.94. The molecule has 2 aromatic rings. The van der Waals surface area contributed by atoms with Gasteiger partial charge in [-0.05, 0) is 29.5 Å². The van der Waals surface area contributed by atoms with Crippen molar-refractivity contribution in [3.05, 3.63) is 47.2 Å². The predicted octanol–water partition coefficient (Wildman–Crippen LogP) is 2.69. The third-order valence-electron chi connectivity index (χ3n) is 2.34. The third kappa shape index (κ3) is 1.55. The SMILES string of the molecule is Clc1ccc2c(c1)CN(n1cccn1)N=N2. The molecule has 1 aliphatic rings. The van der Waals surface area contributed by atoms with Gasteiger partial charge in [-0.15, -0.1) is 5.11 Å². The average Bonchev–Trinajstić information content (AvgIpc) is 2.81. The van der Waals surface area contributed by atoms with Gasteiger partial charge in [-0.25, -0.2) is 0 Å². The number of aromatic nitrogens is 2. The molecule has 0 aliphatic carbocycles. The molecule has 0 bridgehead atoms. The van der Waals surface area contributed by atoms with E-state index in [2.05, 4.69) is 15.4 Å². The van der Waals surface area contributed by atoms with E-state index in [0.29, 0.717) is 11.6 Å². The molecule has 0 saturated heterocycles. The first-order valence-electron chi connectivity index (χ1n) is 4.80. The highest BCUT2D eigenvalue weighted by Crippen LogP contribution is 2.27. The Bertz CT molecular complexity index is 534. The topological polar surface area (TPSA) is 45.8 Å². The molecule has 0 fully saturated rings. The fourth-order valence-electron chi connectivity index (χ4n) is 1.57. The lowest BCUT2D eigenvalue weighted by Gasteiger charge is -2.21. The van der Waals surface area contributed by atoms with Crippen LogP contribution in [0.3, 0.4) is 0 Å². The second kappa shape index (κ2) is 3.61. The Morgan fingerprint density at radius 1 is 1.31 bits per heavy atom. The normalized spacial score (nSPS) is 13.9. The van der Waals surface area contributed by atoms with Gasteiger partial charge in [0.2, 0.25) is 0 Å². The van der Waals surface area contributed by atoms with Crippen molar-refractivity contribution in [3.8, 4) is 0 Å². The summed E-state index contributed by atoms with van der Waals surface area (Å²) in [6, 6.07) is 7.40. The van der Waals surface area contributed by atoms with Crippen LogP contribution in [0.15, 0.2) is 47.0 Å². The van der Waals surface area contributed by atoms with Crippen molar-refractivity contribution in [1.82, 2.24) is 9.89 Å². The lowest BCUT2D eigenvalue weighted by Crippen LogP contribution is -2.29. The molecular formula is C10H8ClN5. The summed E-state index contributed by atoms with van der Waals surface area (Å²) in [5.74, 6) is 0. The Morgan fingerprint density at radius 3 is 3.06 bits per heavy atom. The van der Waals surface area contributed by atoms with E-state index < -0.39 is 0 Å². The van der Waals surface area contributed by atoms with Crippen LogP contribution in [0.5, 0.6) is 0 Å². The maximum absolute atomic E-state index is 5.94. The fourth-order valence-corrected chi connectivity index (χ4v) is 1.77. The number of halogens is 1. The van der Waals surface area contributed by atoms with E-state index in [1.807, 2.05) is 30.5 Å². The van der Waals surface area contributed by atoms with Gasteiger partial charge >= 0.3 is 0 Å². The summed E-state index contributed by atoms with van der Waals surface area (Å²) in [4.78, 5) is 1.63. The van der Waals surface area contributed by atoms with Crippen LogP contribution in [0, 0.1) is 0 Å². The van der Waals surface area contributed by atoms with Gasteiger partial charge in [0.1, 0.15) is 0 Å². The molecule has 1 aromatic carbocycles. The first-order chi connectivity index (χ1) is 7.83. The minimum absolute atomic E-state index is 0.612. The summed E-state index contributed by atoms with van der Waals surface area (Å²) in [6.45, 7) is 0.612. The number of rotatable bonds is 1. The van der Waals surface area contributed by atoms with Gasteiger partial charge in [0, 0.05) is 10.6 Å². The van der Waals surface area contributed by atoms with Crippen molar-refractivity contribution in [2.45, 2.75) is 6.54 Å². The monoisotopic (exact) mass is 233 g/mol. The van der Waals surface area contributed by atoms with Gasteiger partial charge in [-0.2, -0.15) is 15.0 Å². The molecule has 80 valence electrons. The van der Waals surface area contributed by atoms with Crippen molar-refractivity contribution in [2.24, 2.45) is 10.3 Å². The van der Waals surface area contributed by atoms with Gasteiger partial charge in [-0.3, -0.25) is 0 Å². The first-order valence-corrected chi connectivity index (χ1v) is 5.18. The van der Waals surface area contributed by atoms with Gasteiger partial charge < -0.3 is 0 Å². The van der Waals surface area contributed by atoms with Crippen molar-refractivity contribution in [3.63, 3.8) is 0 Å². The maximum Gasteiger partial charge on any atom is 0.0927 e. The Hall–Kier alpha value is -1.88. The van der Waals surface area contributed by atoms with Crippen LogP contribution < -0.4 is 5.12 Å². The molecule has 1 aliphatic heterocycles. The number of hydrogen-bond donors (Lipinski definition) is 0. The number of nitrogens with zero attached hydrogens (tertiary/aromatic N) is 5. The summed E-state index contributed by atoms with van der Waals surface area (Å²) in [5, 5.41) is 14.6. The Kier molecular flexibility index (Phi) is 2.11. The van der Waals surface area contributed by atoms with E-state index in [4.69, 9.17) is 11.6 Å². The summed E-state index contributed by atoms with van der Waals surface area (Å²) in [5.41, 5.74) is 1.89. The number of fused-ring (bicyclic) bond motifs is 1. The van der Waals surface area contributed by atoms with Crippen LogP contribution in [0.1, 0.15) is 5.56 Å². The van der Waals surface area contributed by atoms with Crippen LogP contribution in [0.2, 0.25) is 5.02 Å². The summed E-state index contributed by atoms with van der Waals surface area (Å²) in [7, 11) is 0. The first kappa shape index (κ1) is 9.35. The highest BCUT2D eigenvalue weighted by molar-refractivity contribution is 6.30. The zero-order valence-electron chi connectivity index (χ0n) is 8.29. The smallest absolute Gasteiger partial charge is 0.0927 e. The van der Waals surface area contributed by atoms with E-state index in [-0.39, 0.29) is 0 Å². The van der Waals surface area contributed by atoms with Gasteiger partial charge in [0.25, 0.3) is 0 Å². The minimum atomic E-state index is 0.612. The van der Waals surface area contributed by atoms with Crippen LogP contribution in [-0.2, 0) is 6.54 Å². The molecule has 16 heavy (non-hydrogen) atoms. The van der Waals surface area contributed by atoms with Crippen LogP contribution in [-0.4, -0.2) is 9.89 Å². The molecule has 0 N–H and O–H groups in total. The molecule has 6 heteroatoms. The molecule has 0 atom stereocenters. The molecule has 1 aromatic heterocycles. The van der Waals surface area contributed by atoms with E-state index in [1.165, 1.54) is 0 Å². The van der Waals surface area contributed by atoms with Crippen LogP contribution >= 0.6 is 11.6 Å². The zero-order valence-corrected chi connectivity index (χ0v) is 9.04. The Labute approximate surface area is 96.9 Å². The van der Waals surface area contributed by atoms with Crippen molar-refractivity contribution < 1.29 is 0 Å². The highest BCUT2D eigenvalue weighted by atomic mass is 35.5. The zero-order chi connectivity index (χ0) is 11.0. The van der Waals surface area contributed by atoms with Crippen molar-refractivity contribution >= 4 is 17.3 Å². The molecule has 0 spiro atoms. The van der Waals surface area contributed by atoms with Crippen molar-refractivity contribution in [2.75, 3.05) is 5.12 Å². The molecule has 5 nitrogen and oxygen atoms in total. The van der Waals surface area contributed by atoms with Gasteiger partial charge in [0.05, 0.1) is 24.6 Å². The van der Waals surface area contributed by atoms with Crippen LogP contribution in [0.4, 0.5) is 5.69 Å². The highest BCUT2D eigenvalue weighted by Gasteiger charge is 2.14. The van der Waals surface area contributed by atoms with Crippen LogP contribution in [0.25, 0.3) is 0 Å². The standard InChI is InChI=1S/C10H8ClN5/c11-9-2-3-10-8(6-9)7-16(14-13-10)15-5-1-4-12-15/h1-6H,7H2. The fraction of sp³-hybridized carbons (Fsp3) is 0.100. The quantitative estimate of drug-likeness (QED) is 0.760. The molecule has 0 amide bonds. The lowest BCUT2D eigenvalue weighted by molar-refractivity contribution is 0.514. The predicted molar refractivity (Wildman–Crippen MR) is 60.1 cm³/mol. The summed E-state index contributed by atoms with van der Waals surface area (Å²) < 4.78 is 0. The Balaban J connectivity index is 1.97. The average molecular weight is 234 g/mol. The Morgan fingerprint density at radius 2 is 2.25 bits per heavy atom. The lowest BCUT2D eigenvalue weighted by atomic mass is 10.2. The van der Waals surface area contributed by atoms with E-state index >= 15 is 0 Å². The summed E-state index contributed by atoms with van der Waals surface area (Å²) >= 11 is 5.94. The third-order valence-corrected chi connectivity index (χ3v) is 2.57. The molecular weight excluding hydrogens is 226 g/mol. The second-order valence-electron chi connectivity index (χ2n) is 3.42. The van der Waals surface area contributed by atoms with Crippen molar-refractivity contribution in [1.29, 1.82) is 0 Å². The second-order valence-corrected chi connectivity index (χ2v) is 3.86. The minimum Gasteiger partial charge on any atom is -0.162 e. The summed E-state index contributed by atoms with van der Waals surface area (Å²) in [6.07, 6.45) is 3.51. The molecule has 3 rings (SSSR count). The number of hydrogen-bond acceptors (Lipinski definition) is 4. The van der Waals surface area contributed by atoms with E-state index in [0.717, 1.165) is 11.3 Å².